The quantitative estimate of drug-likeness (QED) is 0.226. The standard InChI is InChI=1S/C23H25BrN4O4/c1-5-14(3)22-26-19-9-8-17(24)12-18(19)23(29)27(22)25-13-16-7-10-21(32-15(4)6-2)20(11-16)28(30)31/h7-15H,5-6H2,1-4H3/t14-,15+/m1/s1. The number of nitro groups is 1. The van der Waals surface area contributed by atoms with Gasteiger partial charge in [0.25, 0.3) is 5.56 Å². The number of hydrogen-bond donors (Lipinski definition) is 0. The van der Waals surface area contributed by atoms with E-state index in [0.29, 0.717) is 22.3 Å². The first-order valence-electron chi connectivity index (χ1n) is 10.5. The van der Waals surface area contributed by atoms with Crippen LogP contribution in [0.3, 0.4) is 0 Å². The topological polar surface area (TPSA) is 99.6 Å². The third kappa shape index (κ3) is 5.04. The molecule has 32 heavy (non-hydrogen) atoms. The molecule has 0 unspecified atom stereocenters. The summed E-state index contributed by atoms with van der Waals surface area (Å²) in [5.41, 5.74) is 0.630. The Hall–Kier alpha value is -3.07. The van der Waals surface area contributed by atoms with E-state index in [2.05, 4.69) is 26.0 Å². The van der Waals surface area contributed by atoms with Gasteiger partial charge in [-0.1, -0.05) is 36.7 Å². The van der Waals surface area contributed by atoms with Crippen molar-refractivity contribution in [1.82, 2.24) is 9.66 Å². The molecule has 0 spiro atoms. The Labute approximate surface area is 194 Å². The molecule has 0 amide bonds. The Morgan fingerprint density at radius 3 is 2.62 bits per heavy atom. The van der Waals surface area contributed by atoms with Crippen molar-refractivity contribution in [3.8, 4) is 5.75 Å². The molecule has 9 heteroatoms. The monoisotopic (exact) mass is 500 g/mol. The van der Waals surface area contributed by atoms with Crippen molar-refractivity contribution in [2.75, 3.05) is 0 Å². The van der Waals surface area contributed by atoms with E-state index in [-0.39, 0.29) is 29.0 Å². The van der Waals surface area contributed by atoms with E-state index >= 15 is 0 Å². The highest BCUT2D eigenvalue weighted by atomic mass is 79.9. The maximum Gasteiger partial charge on any atom is 0.311 e. The first-order valence-corrected chi connectivity index (χ1v) is 11.3. The van der Waals surface area contributed by atoms with Gasteiger partial charge in [-0.2, -0.15) is 9.78 Å². The Kier molecular flexibility index (Phi) is 7.40. The van der Waals surface area contributed by atoms with Crippen molar-refractivity contribution in [2.45, 2.75) is 52.6 Å². The van der Waals surface area contributed by atoms with E-state index in [4.69, 9.17) is 4.74 Å². The highest BCUT2D eigenvalue weighted by Gasteiger charge is 2.18. The Morgan fingerprint density at radius 1 is 1.22 bits per heavy atom. The molecule has 0 fully saturated rings. The summed E-state index contributed by atoms with van der Waals surface area (Å²) < 4.78 is 7.70. The number of fused-ring (bicyclic) bond motifs is 1. The zero-order valence-electron chi connectivity index (χ0n) is 18.4. The maximum atomic E-state index is 13.2. The molecule has 3 rings (SSSR count). The van der Waals surface area contributed by atoms with Gasteiger partial charge in [0.05, 0.1) is 28.1 Å². The molecule has 2 atom stereocenters. The molecule has 0 saturated carbocycles. The highest BCUT2D eigenvalue weighted by molar-refractivity contribution is 9.10. The van der Waals surface area contributed by atoms with Crippen LogP contribution in [0.2, 0.25) is 0 Å². The average Bonchev–Trinajstić information content (AvgIpc) is 2.78. The third-order valence-electron chi connectivity index (χ3n) is 5.29. The highest BCUT2D eigenvalue weighted by Crippen LogP contribution is 2.29. The molecular weight excluding hydrogens is 476 g/mol. The molecule has 0 aliphatic carbocycles. The van der Waals surface area contributed by atoms with E-state index < -0.39 is 4.92 Å². The van der Waals surface area contributed by atoms with Crippen LogP contribution in [-0.4, -0.2) is 26.9 Å². The van der Waals surface area contributed by atoms with Gasteiger partial charge in [-0.25, -0.2) is 4.98 Å². The largest absolute Gasteiger partial charge is 0.484 e. The van der Waals surface area contributed by atoms with Crippen LogP contribution in [0, 0.1) is 10.1 Å². The summed E-state index contributed by atoms with van der Waals surface area (Å²) in [4.78, 5) is 28.9. The molecule has 0 radical (unpaired) electrons. The van der Waals surface area contributed by atoms with E-state index in [1.54, 1.807) is 24.3 Å². The summed E-state index contributed by atoms with van der Waals surface area (Å²) in [5.74, 6) is 0.736. The number of aromatic nitrogens is 2. The lowest BCUT2D eigenvalue weighted by Gasteiger charge is -2.14. The predicted molar refractivity (Wildman–Crippen MR) is 129 cm³/mol. The van der Waals surface area contributed by atoms with E-state index in [9.17, 15) is 14.9 Å². The number of rotatable bonds is 8. The zero-order valence-corrected chi connectivity index (χ0v) is 20.0. The number of halogens is 1. The van der Waals surface area contributed by atoms with Crippen LogP contribution >= 0.6 is 15.9 Å². The van der Waals surface area contributed by atoms with Gasteiger partial charge in [-0.05, 0) is 50.1 Å². The van der Waals surface area contributed by atoms with E-state index in [1.807, 2.05) is 33.8 Å². The van der Waals surface area contributed by atoms with Gasteiger partial charge >= 0.3 is 5.69 Å². The molecule has 0 saturated heterocycles. The Bertz CT molecular complexity index is 1240. The fourth-order valence-electron chi connectivity index (χ4n) is 3.06. The molecular formula is C23H25BrN4O4. The van der Waals surface area contributed by atoms with Crippen LogP contribution in [0.5, 0.6) is 5.75 Å². The second-order valence-corrected chi connectivity index (χ2v) is 8.54. The first kappa shape index (κ1) is 23.6. The van der Waals surface area contributed by atoms with Crippen molar-refractivity contribution in [2.24, 2.45) is 5.10 Å². The van der Waals surface area contributed by atoms with Gasteiger partial charge in [-0.3, -0.25) is 14.9 Å². The van der Waals surface area contributed by atoms with E-state index in [0.717, 1.165) is 17.3 Å². The SMILES string of the molecule is CC[C@@H](C)c1nc2ccc(Br)cc2c(=O)n1N=Cc1ccc(O[C@@H](C)CC)c([N+](=O)[O-])c1. The second-order valence-electron chi connectivity index (χ2n) is 7.62. The zero-order chi connectivity index (χ0) is 23.4. The lowest BCUT2D eigenvalue weighted by atomic mass is 10.1. The summed E-state index contributed by atoms with van der Waals surface area (Å²) in [7, 11) is 0. The Balaban J connectivity index is 2.09. The molecule has 0 aliphatic heterocycles. The third-order valence-corrected chi connectivity index (χ3v) is 5.78. The molecule has 1 heterocycles. The first-order chi connectivity index (χ1) is 15.2. The van der Waals surface area contributed by atoms with Crippen LogP contribution in [0.15, 0.2) is 50.8 Å². The maximum absolute atomic E-state index is 13.2. The molecule has 0 bridgehead atoms. The fraction of sp³-hybridized carbons (Fsp3) is 0.348. The number of nitro benzene ring substituents is 1. The van der Waals surface area contributed by atoms with Crippen molar-refractivity contribution in [3.05, 3.63) is 72.7 Å². The smallest absolute Gasteiger partial charge is 0.311 e. The van der Waals surface area contributed by atoms with Gasteiger partial charge in [-0.15, -0.1) is 0 Å². The molecule has 3 aromatic rings. The summed E-state index contributed by atoms with van der Waals surface area (Å²) in [6, 6.07) is 9.96. The second kappa shape index (κ2) is 10.0. The summed E-state index contributed by atoms with van der Waals surface area (Å²) in [6.45, 7) is 7.79. The molecule has 1 aromatic heterocycles. The molecule has 0 aliphatic rings. The van der Waals surface area contributed by atoms with Gasteiger partial charge in [0, 0.05) is 22.0 Å². The predicted octanol–water partition coefficient (Wildman–Crippen LogP) is 5.64. The number of ether oxygens (including phenoxy) is 1. The molecule has 0 N–H and O–H groups in total. The van der Waals surface area contributed by atoms with Crippen LogP contribution in [0.1, 0.15) is 57.8 Å². The van der Waals surface area contributed by atoms with Crippen LogP contribution < -0.4 is 10.3 Å². The normalized spacial score (nSPS) is 13.4. The average molecular weight is 501 g/mol. The molecule has 168 valence electrons. The van der Waals surface area contributed by atoms with E-state index in [1.165, 1.54) is 17.0 Å². The van der Waals surface area contributed by atoms with Gasteiger partial charge in [0.2, 0.25) is 0 Å². The number of benzene rings is 2. The molecule has 2 aromatic carbocycles. The minimum atomic E-state index is -0.485. The van der Waals surface area contributed by atoms with Gasteiger partial charge in [0.1, 0.15) is 5.82 Å². The fourth-order valence-corrected chi connectivity index (χ4v) is 3.42. The lowest BCUT2D eigenvalue weighted by Crippen LogP contribution is -2.23. The van der Waals surface area contributed by atoms with Crippen LogP contribution in [0.25, 0.3) is 10.9 Å². The van der Waals surface area contributed by atoms with Crippen molar-refractivity contribution >= 4 is 38.7 Å². The summed E-state index contributed by atoms with van der Waals surface area (Å²) in [5, 5.41) is 16.4. The van der Waals surface area contributed by atoms with Crippen LogP contribution in [-0.2, 0) is 0 Å². The molecule has 8 nitrogen and oxygen atoms in total. The summed E-state index contributed by atoms with van der Waals surface area (Å²) in [6.07, 6.45) is 2.79. The minimum Gasteiger partial charge on any atom is -0.484 e. The minimum absolute atomic E-state index is 0.00598. The van der Waals surface area contributed by atoms with Crippen molar-refractivity contribution in [1.29, 1.82) is 0 Å². The lowest BCUT2D eigenvalue weighted by molar-refractivity contribution is -0.386. The van der Waals surface area contributed by atoms with Gasteiger partial charge in [0.15, 0.2) is 5.75 Å². The van der Waals surface area contributed by atoms with Crippen LogP contribution in [0.4, 0.5) is 5.69 Å². The Morgan fingerprint density at radius 2 is 1.97 bits per heavy atom. The van der Waals surface area contributed by atoms with Crippen molar-refractivity contribution < 1.29 is 9.66 Å². The van der Waals surface area contributed by atoms with Crippen molar-refractivity contribution in [3.63, 3.8) is 0 Å². The number of nitrogens with zero attached hydrogens (tertiary/aromatic N) is 4. The summed E-state index contributed by atoms with van der Waals surface area (Å²) >= 11 is 3.39. The number of hydrogen-bond acceptors (Lipinski definition) is 6. The van der Waals surface area contributed by atoms with Gasteiger partial charge < -0.3 is 4.74 Å².